The largest absolute Gasteiger partial charge is 0.467 e. The molecule has 5 rings (SSSR count). The minimum Gasteiger partial charge on any atom is -0.467 e. The molecular formula is C37H56ClN5O10. The van der Waals surface area contributed by atoms with Gasteiger partial charge >= 0.3 is 18.0 Å². The van der Waals surface area contributed by atoms with Gasteiger partial charge < -0.3 is 35.1 Å². The maximum absolute atomic E-state index is 13.5. The first kappa shape index (κ1) is 43.4. The fraction of sp³-hybridized carbons (Fsp3) is 0.703. The highest BCUT2D eigenvalue weighted by Gasteiger charge is 2.71. The van der Waals surface area contributed by atoms with Crippen molar-refractivity contribution in [3.05, 3.63) is 34.4 Å². The molecule has 2 saturated heterocycles. The smallest absolute Gasteiger partial charge is 0.413 e. The lowest BCUT2D eigenvalue weighted by Crippen LogP contribution is -2.58. The molecule has 2 aliphatic heterocycles. The summed E-state index contributed by atoms with van der Waals surface area (Å²) >= 11 is 0. The van der Waals surface area contributed by atoms with Gasteiger partial charge in [-0.05, 0) is 45.6 Å². The average molecular weight is 766 g/mol. The van der Waals surface area contributed by atoms with Crippen molar-refractivity contribution >= 4 is 47.9 Å². The van der Waals surface area contributed by atoms with Crippen molar-refractivity contribution in [3.8, 4) is 5.75 Å². The van der Waals surface area contributed by atoms with E-state index in [1.807, 2.05) is 20.8 Å². The van der Waals surface area contributed by atoms with Gasteiger partial charge in [-0.25, -0.2) is 14.4 Å². The summed E-state index contributed by atoms with van der Waals surface area (Å²) in [6.45, 7) is 20.7. The summed E-state index contributed by atoms with van der Waals surface area (Å²) in [5.41, 5.74) is 5.00. The van der Waals surface area contributed by atoms with E-state index in [4.69, 9.17) is 19.9 Å². The van der Waals surface area contributed by atoms with E-state index in [0.29, 0.717) is 19.0 Å². The topological polar surface area (TPSA) is 201 Å². The number of nitrogens with one attached hydrogen (secondary N) is 1. The molecule has 3 N–H and O–H groups in total. The number of ether oxygens (including phenoxy) is 3. The van der Waals surface area contributed by atoms with E-state index in [1.54, 1.807) is 25.7 Å². The normalized spacial score (nSPS) is 26.9. The number of non-ortho nitro benzene ring substituents is 1. The Bertz CT molecular complexity index is 1600. The van der Waals surface area contributed by atoms with Crippen LogP contribution in [0.3, 0.4) is 0 Å². The molecule has 2 heterocycles. The Labute approximate surface area is 317 Å². The maximum Gasteiger partial charge on any atom is 0.413 e. The van der Waals surface area contributed by atoms with E-state index in [1.165, 1.54) is 43.4 Å². The van der Waals surface area contributed by atoms with Crippen LogP contribution in [-0.4, -0.2) is 96.0 Å². The van der Waals surface area contributed by atoms with Gasteiger partial charge in [0, 0.05) is 37.1 Å². The van der Waals surface area contributed by atoms with Crippen molar-refractivity contribution in [1.29, 1.82) is 0 Å². The molecule has 3 amide bonds. The van der Waals surface area contributed by atoms with Crippen LogP contribution in [0, 0.1) is 55.4 Å². The molecule has 2 aliphatic carbocycles. The summed E-state index contributed by atoms with van der Waals surface area (Å²) in [7, 11) is 2.67. The van der Waals surface area contributed by atoms with Crippen LogP contribution < -0.4 is 15.8 Å². The van der Waals surface area contributed by atoms with E-state index >= 15 is 0 Å². The second-order valence-corrected chi connectivity index (χ2v) is 17.8. The van der Waals surface area contributed by atoms with E-state index in [2.05, 4.69) is 33.0 Å². The van der Waals surface area contributed by atoms with E-state index in [0.717, 1.165) is 0 Å². The Morgan fingerprint density at radius 1 is 0.811 bits per heavy atom. The number of carbonyl (C=O) groups is 5. The predicted octanol–water partition coefficient (Wildman–Crippen LogP) is 4.19. The number of rotatable bonds is 7. The third kappa shape index (κ3) is 8.40. The Balaban J connectivity index is 0.000000310. The van der Waals surface area contributed by atoms with Crippen molar-refractivity contribution in [2.24, 2.45) is 51.1 Å². The van der Waals surface area contributed by atoms with Gasteiger partial charge in [-0.15, -0.1) is 12.4 Å². The highest BCUT2D eigenvalue weighted by molar-refractivity contribution is 5.92. The van der Waals surface area contributed by atoms with Crippen molar-refractivity contribution in [3.63, 3.8) is 0 Å². The standard InChI is InChI=1S/C22H29N3O7.C15H26N2O3.ClH/c1-21(2,3)17(23-20(28)32-13-9-7-12(8-10-13)25(29)30)18(26)24-11-14-15(22(14,4)5)16(24)19(27)31-6;1-14(2,3)11(16)12(18)17-7-8-9(15(8,4)5)10(17)13(19)20-6;/h7-10,14-17H,11H2,1-6H3,(H,23,28);8-11H,7,16H2,1-6H3;1H/t14?,15?,16-,17+;8?,9?,10-,11+;/m00./s1. The first-order valence-corrected chi connectivity index (χ1v) is 17.6. The molecule has 0 spiro atoms. The van der Waals surface area contributed by atoms with Crippen LogP contribution in [0.15, 0.2) is 24.3 Å². The van der Waals surface area contributed by atoms with Crippen molar-refractivity contribution in [1.82, 2.24) is 15.1 Å². The van der Waals surface area contributed by atoms with Crippen molar-refractivity contribution in [2.75, 3.05) is 27.3 Å². The van der Waals surface area contributed by atoms with Gasteiger partial charge in [-0.3, -0.25) is 19.7 Å². The number of piperidine rings is 2. The summed E-state index contributed by atoms with van der Waals surface area (Å²) in [4.78, 5) is 76.5. The molecule has 2 saturated carbocycles. The van der Waals surface area contributed by atoms with Gasteiger partial charge in [0.25, 0.3) is 5.69 Å². The number of halogens is 1. The Hall–Kier alpha value is -3.98. The van der Waals surface area contributed by atoms with Gasteiger partial charge in [-0.2, -0.15) is 0 Å². The van der Waals surface area contributed by atoms with Crippen LogP contribution in [0.2, 0.25) is 0 Å². The quantitative estimate of drug-likeness (QED) is 0.229. The lowest BCUT2D eigenvalue weighted by Gasteiger charge is -2.36. The monoisotopic (exact) mass is 765 g/mol. The fourth-order valence-corrected chi connectivity index (χ4v) is 8.06. The number of nitrogens with two attached hydrogens (primary N) is 1. The summed E-state index contributed by atoms with van der Waals surface area (Å²) in [5, 5.41) is 13.4. The van der Waals surface area contributed by atoms with Gasteiger partial charge in [0.05, 0.1) is 25.2 Å². The molecule has 0 radical (unpaired) electrons. The van der Waals surface area contributed by atoms with Gasteiger partial charge in [-0.1, -0.05) is 69.2 Å². The molecule has 16 heteroatoms. The van der Waals surface area contributed by atoms with Gasteiger partial charge in [0.1, 0.15) is 23.9 Å². The molecule has 8 atom stereocenters. The van der Waals surface area contributed by atoms with Gasteiger partial charge in [0.15, 0.2) is 0 Å². The van der Waals surface area contributed by atoms with Gasteiger partial charge in [0.2, 0.25) is 11.8 Å². The fourth-order valence-electron chi connectivity index (χ4n) is 8.06. The zero-order valence-corrected chi connectivity index (χ0v) is 33.6. The number of amides is 3. The predicted molar refractivity (Wildman–Crippen MR) is 197 cm³/mol. The molecular weight excluding hydrogens is 710 g/mol. The van der Waals surface area contributed by atoms with Crippen molar-refractivity contribution in [2.45, 2.75) is 93.4 Å². The zero-order chi connectivity index (χ0) is 39.5. The Morgan fingerprint density at radius 3 is 1.58 bits per heavy atom. The maximum atomic E-state index is 13.5. The molecule has 1 aromatic carbocycles. The number of hydrogen-bond acceptors (Lipinski definition) is 11. The number of benzene rings is 1. The average Bonchev–Trinajstić information content (AvgIpc) is 3.53. The highest BCUT2D eigenvalue weighted by atomic mass is 35.5. The number of nitro groups is 1. The summed E-state index contributed by atoms with van der Waals surface area (Å²) in [6, 6.07) is 2.31. The number of fused-ring (bicyclic) bond motifs is 2. The number of methoxy groups -OCH3 is 2. The number of carbonyl (C=O) groups excluding carboxylic acids is 5. The second kappa shape index (κ2) is 15.0. The minimum absolute atomic E-state index is 0. The number of nitrogens with zero attached hydrogens (tertiary/aromatic N) is 3. The molecule has 15 nitrogen and oxygen atoms in total. The van der Waals surface area contributed by atoms with E-state index in [-0.39, 0.29) is 75.6 Å². The summed E-state index contributed by atoms with van der Waals surface area (Å²) in [5.74, 6) is -0.407. The highest BCUT2D eigenvalue weighted by Crippen LogP contribution is 2.66. The molecule has 0 aromatic heterocycles. The van der Waals surface area contributed by atoms with Crippen LogP contribution in [-0.2, 0) is 28.7 Å². The van der Waals surface area contributed by atoms with Crippen LogP contribution in [0.5, 0.6) is 5.75 Å². The molecule has 4 aliphatic rings. The Morgan fingerprint density at radius 2 is 1.23 bits per heavy atom. The molecule has 4 fully saturated rings. The molecule has 0 bridgehead atoms. The molecule has 296 valence electrons. The van der Waals surface area contributed by atoms with Crippen LogP contribution in [0.4, 0.5) is 10.5 Å². The lowest BCUT2D eigenvalue weighted by atomic mass is 9.85. The van der Waals surface area contributed by atoms with E-state index < -0.39 is 46.6 Å². The summed E-state index contributed by atoms with van der Waals surface area (Å²) in [6.07, 6.45) is -0.869. The van der Waals surface area contributed by atoms with E-state index in [9.17, 15) is 34.1 Å². The first-order valence-electron chi connectivity index (χ1n) is 17.6. The third-order valence-electron chi connectivity index (χ3n) is 11.7. The first-order chi connectivity index (χ1) is 23.8. The molecule has 1 aromatic rings. The van der Waals surface area contributed by atoms with Crippen LogP contribution in [0.1, 0.15) is 69.2 Å². The lowest BCUT2D eigenvalue weighted by molar-refractivity contribution is -0.384. The van der Waals surface area contributed by atoms with Crippen molar-refractivity contribution < 1.29 is 43.1 Å². The number of likely N-dealkylation sites (tertiary alicyclic amines) is 2. The SMILES string of the molecule is COC(=O)[C@@H]1C2C(CN1C(=O)[C@@H](N)C(C)(C)C)C2(C)C.COC(=O)[C@@H]1C2C(CN1C(=O)[C@@H](NC(=O)Oc1ccc([N+](=O)[O-])cc1)C(C)(C)C)C2(C)C.Cl. The molecule has 4 unspecified atom stereocenters. The van der Waals surface area contributed by atoms with Crippen LogP contribution >= 0.6 is 12.4 Å². The van der Waals surface area contributed by atoms with Crippen LogP contribution in [0.25, 0.3) is 0 Å². The zero-order valence-electron chi connectivity index (χ0n) is 32.8. The molecule has 53 heavy (non-hydrogen) atoms. The Kier molecular flexibility index (Phi) is 12.3. The minimum atomic E-state index is -0.958. The number of hydrogen-bond donors (Lipinski definition) is 2. The second-order valence-electron chi connectivity index (χ2n) is 17.8. The summed E-state index contributed by atoms with van der Waals surface area (Å²) < 4.78 is 15.1. The number of nitro benzene ring substituents is 1. The number of esters is 2. The third-order valence-corrected chi connectivity index (χ3v) is 11.7.